The van der Waals surface area contributed by atoms with Gasteiger partial charge in [-0.05, 0) is 30.2 Å². The number of rotatable bonds is 9. The summed E-state index contributed by atoms with van der Waals surface area (Å²) in [4.78, 5) is 11.8. The molecular weight excluding hydrogens is 380 g/mol. The van der Waals surface area contributed by atoms with Crippen molar-refractivity contribution in [1.29, 1.82) is 0 Å². The highest BCUT2D eigenvalue weighted by atomic mass is 16.5. The molecule has 6 heteroatoms. The summed E-state index contributed by atoms with van der Waals surface area (Å²) in [6, 6.07) is 26.3. The van der Waals surface area contributed by atoms with Crippen molar-refractivity contribution in [1.82, 2.24) is 5.32 Å². The lowest BCUT2D eigenvalue weighted by Gasteiger charge is -2.21. The Morgan fingerprint density at radius 1 is 0.867 bits per heavy atom. The number of alkyl carbamates (subject to hydrolysis) is 1. The van der Waals surface area contributed by atoms with Crippen LogP contribution in [0.3, 0.4) is 0 Å². The van der Waals surface area contributed by atoms with Gasteiger partial charge in [0.2, 0.25) is 0 Å². The number of carbonyl (C=O) groups is 1. The average Bonchev–Trinajstić information content (AvgIpc) is 2.79. The maximum atomic E-state index is 11.8. The number of amides is 1. The van der Waals surface area contributed by atoms with Gasteiger partial charge < -0.3 is 25.6 Å². The van der Waals surface area contributed by atoms with Crippen LogP contribution in [0.5, 0.6) is 0 Å². The second-order valence-electron chi connectivity index (χ2n) is 6.87. The maximum Gasteiger partial charge on any atom is 0.407 e. The van der Waals surface area contributed by atoms with Crippen molar-refractivity contribution in [3.05, 3.63) is 96.1 Å². The molecule has 2 unspecified atom stereocenters. The third-order valence-electron chi connectivity index (χ3n) is 4.62. The van der Waals surface area contributed by atoms with Gasteiger partial charge in [0.25, 0.3) is 0 Å². The van der Waals surface area contributed by atoms with Gasteiger partial charge in [0.1, 0.15) is 12.7 Å². The van der Waals surface area contributed by atoms with Gasteiger partial charge in [-0.2, -0.15) is 0 Å². The van der Waals surface area contributed by atoms with Crippen molar-refractivity contribution in [3.8, 4) is 0 Å². The van der Waals surface area contributed by atoms with Crippen LogP contribution >= 0.6 is 0 Å². The second kappa shape index (κ2) is 11.0. The fourth-order valence-electron chi connectivity index (χ4n) is 3.01. The highest BCUT2D eigenvalue weighted by Gasteiger charge is 2.21. The number of carbonyl (C=O) groups excluding carboxylic acids is 1. The summed E-state index contributed by atoms with van der Waals surface area (Å²) >= 11 is 0. The molecule has 6 nitrogen and oxygen atoms in total. The van der Waals surface area contributed by atoms with E-state index in [-0.39, 0.29) is 19.6 Å². The third-order valence-corrected chi connectivity index (χ3v) is 4.62. The molecule has 0 bridgehead atoms. The van der Waals surface area contributed by atoms with Crippen molar-refractivity contribution in [2.24, 2.45) is 0 Å². The molecule has 0 spiro atoms. The number of hydrogen-bond donors (Lipinski definition) is 4. The molecular formula is C24H26N2O4. The topological polar surface area (TPSA) is 90.8 Å². The van der Waals surface area contributed by atoms with Gasteiger partial charge in [-0.15, -0.1) is 0 Å². The van der Waals surface area contributed by atoms with E-state index in [2.05, 4.69) is 10.6 Å². The van der Waals surface area contributed by atoms with E-state index in [9.17, 15) is 15.0 Å². The van der Waals surface area contributed by atoms with Crippen LogP contribution in [-0.4, -0.2) is 29.0 Å². The summed E-state index contributed by atoms with van der Waals surface area (Å²) in [5, 5.41) is 26.9. The number of aliphatic hydroxyl groups is 2. The van der Waals surface area contributed by atoms with E-state index >= 15 is 0 Å². The highest BCUT2D eigenvalue weighted by molar-refractivity contribution is 5.67. The van der Waals surface area contributed by atoms with E-state index in [1.807, 2.05) is 72.8 Å². The Bertz CT molecular complexity index is 919. The van der Waals surface area contributed by atoms with Crippen LogP contribution in [-0.2, 0) is 11.3 Å². The minimum absolute atomic E-state index is 0.177. The molecule has 0 aromatic heterocycles. The molecule has 1 amide bonds. The zero-order valence-electron chi connectivity index (χ0n) is 16.6. The smallest absolute Gasteiger partial charge is 0.407 e. The van der Waals surface area contributed by atoms with E-state index < -0.39 is 18.3 Å². The van der Waals surface area contributed by atoms with Crippen molar-refractivity contribution in [3.63, 3.8) is 0 Å². The van der Waals surface area contributed by atoms with E-state index in [4.69, 9.17) is 4.74 Å². The van der Waals surface area contributed by atoms with E-state index in [0.29, 0.717) is 11.3 Å². The number of anilines is 2. The Hall–Kier alpha value is -3.35. The van der Waals surface area contributed by atoms with Crippen LogP contribution in [0.25, 0.3) is 0 Å². The number of para-hydroxylation sites is 2. The summed E-state index contributed by atoms with van der Waals surface area (Å²) < 4.78 is 5.14. The highest BCUT2D eigenvalue weighted by Crippen LogP contribution is 2.28. The Morgan fingerprint density at radius 2 is 1.50 bits per heavy atom. The van der Waals surface area contributed by atoms with Crippen molar-refractivity contribution in [2.75, 3.05) is 11.9 Å². The Morgan fingerprint density at radius 3 is 2.23 bits per heavy atom. The number of ether oxygens (including phenoxy) is 1. The molecule has 30 heavy (non-hydrogen) atoms. The van der Waals surface area contributed by atoms with Crippen molar-refractivity contribution in [2.45, 2.75) is 25.2 Å². The van der Waals surface area contributed by atoms with Crippen LogP contribution in [0, 0.1) is 0 Å². The quantitative estimate of drug-likeness (QED) is 0.429. The number of nitrogens with one attached hydrogen (secondary N) is 2. The minimum atomic E-state index is -1.10. The fraction of sp³-hybridized carbons (Fsp3) is 0.208. The van der Waals surface area contributed by atoms with Crippen LogP contribution in [0.2, 0.25) is 0 Å². The lowest BCUT2D eigenvalue weighted by atomic mass is 10.00. The minimum Gasteiger partial charge on any atom is -0.445 e. The molecule has 0 fully saturated rings. The van der Waals surface area contributed by atoms with Gasteiger partial charge in [-0.1, -0.05) is 66.7 Å². The third kappa shape index (κ3) is 6.34. The van der Waals surface area contributed by atoms with Gasteiger partial charge in [0.15, 0.2) is 0 Å². The van der Waals surface area contributed by atoms with E-state index in [0.717, 1.165) is 11.3 Å². The molecule has 2 atom stereocenters. The van der Waals surface area contributed by atoms with Crippen LogP contribution in [0.1, 0.15) is 23.7 Å². The zero-order valence-corrected chi connectivity index (χ0v) is 16.6. The van der Waals surface area contributed by atoms with Gasteiger partial charge >= 0.3 is 6.09 Å². The predicted molar refractivity (Wildman–Crippen MR) is 116 cm³/mol. The molecule has 156 valence electrons. The summed E-state index contributed by atoms with van der Waals surface area (Å²) in [6.07, 6.45) is -2.52. The van der Waals surface area contributed by atoms with E-state index in [1.54, 1.807) is 12.1 Å². The lowest BCUT2D eigenvalue weighted by molar-refractivity contribution is 0.0140. The molecule has 4 N–H and O–H groups in total. The van der Waals surface area contributed by atoms with Crippen LogP contribution < -0.4 is 10.6 Å². The average molecular weight is 406 g/mol. The summed E-state index contributed by atoms with van der Waals surface area (Å²) in [7, 11) is 0. The lowest BCUT2D eigenvalue weighted by Crippen LogP contribution is -2.30. The Kier molecular flexibility index (Phi) is 7.83. The van der Waals surface area contributed by atoms with Gasteiger partial charge in [0.05, 0.1) is 6.10 Å². The van der Waals surface area contributed by atoms with Gasteiger partial charge in [0, 0.05) is 23.5 Å². The Labute approximate surface area is 176 Å². The predicted octanol–water partition coefficient (Wildman–Crippen LogP) is 4.14. The maximum absolute atomic E-state index is 11.8. The van der Waals surface area contributed by atoms with Crippen molar-refractivity contribution >= 4 is 17.5 Å². The molecule has 0 aliphatic rings. The van der Waals surface area contributed by atoms with Crippen LogP contribution in [0.15, 0.2) is 84.9 Å². The summed E-state index contributed by atoms with van der Waals surface area (Å²) in [6.45, 7) is 0.358. The summed E-state index contributed by atoms with van der Waals surface area (Å²) in [5.41, 5.74) is 3.08. The summed E-state index contributed by atoms with van der Waals surface area (Å²) in [5.74, 6) is 0. The number of benzene rings is 3. The first-order chi connectivity index (χ1) is 14.6. The van der Waals surface area contributed by atoms with Gasteiger partial charge in [-0.25, -0.2) is 4.79 Å². The zero-order chi connectivity index (χ0) is 21.2. The molecule has 3 aromatic carbocycles. The number of aliphatic hydroxyl groups excluding tert-OH is 2. The molecule has 0 radical (unpaired) electrons. The molecule has 0 heterocycles. The monoisotopic (exact) mass is 406 g/mol. The van der Waals surface area contributed by atoms with Crippen LogP contribution in [0.4, 0.5) is 16.2 Å². The second-order valence-corrected chi connectivity index (χ2v) is 6.87. The molecule has 0 saturated heterocycles. The molecule has 3 rings (SSSR count). The molecule has 3 aromatic rings. The first-order valence-corrected chi connectivity index (χ1v) is 9.85. The first-order valence-electron chi connectivity index (χ1n) is 9.85. The Balaban J connectivity index is 1.48. The van der Waals surface area contributed by atoms with E-state index in [1.165, 1.54) is 0 Å². The van der Waals surface area contributed by atoms with Gasteiger partial charge in [-0.3, -0.25) is 0 Å². The molecule has 0 aliphatic heterocycles. The first kappa shape index (κ1) is 21.4. The molecule has 0 aliphatic carbocycles. The fourth-order valence-corrected chi connectivity index (χ4v) is 3.01. The SMILES string of the molecule is O=C(NCCC(O)C(O)c1ccccc1Nc1ccccc1)OCc1ccccc1. The normalized spacial score (nSPS) is 12.6. The van der Waals surface area contributed by atoms with Crippen molar-refractivity contribution < 1.29 is 19.7 Å². The number of hydrogen-bond acceptors (Lipinski definition) is 5. The largest absolute Gasteiger partial charge is 0.445 e. The standard InChI is InChI=1S/C24H26N2O4/c27-22(15-16-25-24(29)30-17-18-9-3-1-4-10-18)23(28)20-13-7-8-14-21(20)26-19-11-5-2-6-12-19/h1-14,22-23,26-28H,15-17H2,(H,25,29). The molecule has 0 saturated carbocycles.